The van der Waals surface area contributed by atoms with Crippen LogP contribution in [0.4, 0.5) is 4.39 Å². The Kier molecular flexibility index (Phi) is 2.96. The van der Waals surface area contributed by atoms with Crippen LogP contribution in [0.15, 0.2) is 18.2 Å². The van der Waals surface area contributed by atoms with Crippen LogP contribution in [0.1, 0.15) is 12.0 Å². The molecule has 1 aliphatic heterocycles. The first-order valence-electron chi connectivity index (χ1n) is 4.90. The second kappa shape index (κ2) is 4.08. The van der Waals surface area contributed by atoms with Gasteiger partial charge in [-0.2, -0.15) is 0 Å². The number of ether oxygens (including phenoxy) is 1. The highest BCUT2D eigenvalue weighted by Crippen LogP contribution is 2.25. The van der Waals surface area contributed by atoms with E-state index >= 15 is 0 Å². The maximum absolute atomic E-state index is 12.8. The molecule has 0 spiro atoms. The zero-order chi connectivity index (χ0) is 10.9. The van der Waals surface area contributed by atoms with E-state index in [0.717, 1.165) is 12.0 Å². The van der Waals surface area contributed by atoms with Gasteiger partial charge in [-0.3, -0.25) is 0 Å². The van der Waals surface area contributed by atoms with Crippen molar-refractivity contribution in [1.29, 1.82) is 0 Å². The average Bonchev–Trinajstić information content (AvgIpc) is 2.58. The van der Waals surface area contributed by atoms with E-state index in [4.69, 9.17) is 22.1 Å². The molecule has 2 N–H and O–H groups in total. The first-order valence-corrected chi connectivity index (χ1v) is 5.27. The highest BCUT2D eigenvalue weighted by Gasteiger charge is 2.31. The van der Waals surface area contributed by atoms with Crippen LogP contribution in [-0.2, 0) is 11.2 Å². The van der Waals surface area contributed by atoms with Crippen molar-refractivity contribution in [2.24, 2.45) is 5.73 Å². The molecule has 2 rings (SSSR count). The van der Waals surface area contributed by atoms with Gasteiger partial charge in [-0.05, 0) is 30.5 Å². The molecule has 15 heavy (non-hydrogen) atoms. The van der Waals surface area contributed by atoms with Crippen LogP contribution in [-0.4, -0.2) is 18.8 Å². The molecule has 0 amide bonds. The third kappa shape index (κ3) is 2.48. The quantitative estimate of drug-likeness (QED) is 0.844. The van der Waals surface area contributed by atoms with Crippen molar-refractivity contribution in [1.82, 2.24) is 0 Å². The standard InChI is InChI=1S/C11H13ClFNO/c12-10-5-9(13)2-1-8(10)6-11(14)3-4-15-7-11/h1-2,5H,3-4,6-7,14H2. The maximum Gasteiger partial charge on any atom is 0.124 e. The SMILES string of the molecule is NC1(Cc2ccc(F)cc2Cl)CCOC1. The summed E-state index contributed by atoms with van der Waals surface area (Å²) in [5, 5.41) is 0.437. The Balaban J connectivity index is 2.16. The van der Waals surface area contributed by atoms with Crippen molar-refractivity contribution in [2.45, 2.75) is 18.4 Å². The first kappa shape index (κ1) is 10.9. The van der Waals surface area contributed by atoms with Gasteiger partial charge in [0.15, 0.2) is 0 Å². The lowest BCUT2D eigenvalue weighted by molar-refractivity contribution is 0.178. The van der Waals surface area contributed by atoms with Crippen LogP contribution in [0.3, 0.4) is 0 Å². The summed E-state index contributed by atoms with van der Waals surface area (Å²) in [6, 6.07) is 4.40. The molecule has 82 valence electrons. The summed E-state index contributed by atoms with van der Waals surface area (Å²) in [5.74, 6) is -0.322. The minimum atomic E-state index is -0.346. The molecule has 0 bridgehead atoms. The van der Waals surface area contributed by atoms with Crippen LogP contribution < -0.4 is 5.73 Å². The highest BCUT2D eigenvalue weighted by atomic mass is 35.5. The van der Waals surface area contributed by atoms with Crippen molar-refractivity contribution in [3.63, 3.8) is 0 Å². The zero-order valence-corrected chi connectivity index (χ0v) is 9.06. The molecule has 1 saturated heterocycles. The number of hydrogen-bond acceptors (Lipinski definition) is 2. The predicted octanol–water partition coefficient (Wildman–Crippen LogP) is 2.14. The predicted molar refractivity (Wildman–Crippen MR) is 57.5 cm³/mol. The van der Waals surface area contributed by atoms with Crippen molar-refractivity contribution >= 4 is 11.6 Å². The molecule has 2 nitrogen and oxygen atoms in total. The molecule has 0 aliphatic carbocycles. The second-order valence-electron chi connectivity index (χ2n) is 4.08. The molecule has 0 radical (unpaired) electrons. The van der Waals surface area contributed by atoms with E-state index in [1.54, 1.807) is 6.07 Å². The molecule has 1 atom stereocenters. The van der Waals surface area contributed by atoms with Crippen molar-refractivity contribution in [3.05, 3.63) is 34.6 Å². The van der Waals surface area contributed by atoms with Crippen molar-refractivity contribution in [3.8, 4) is 0 Å². The second-order valence-corrected chi connectivity index (χ2v) is 4.48. The molecule has 1 fully saturated rings. The Morgan fingerprint density at radius 3 is 2.93 bits per heavy atom. The molecule has 0 aromatic heterocycles. The number of nitrogens with two attached hydrogens (primary N) is 1. The van der Waals surface area contributed by atoms with Crippen LogP contribution in [0.25, 0.3) is 0 Å². The summed E-state index contributed by atoms with van der Waals surface area (Å²) in [5.41, 5.74) is 6.66. The van der Waals surface area contributed by atoms with Gasteiger partial charge >= 0.3 is 0 Å². The molecular formula is C11H13ClFNO. The summed E-state index contributed by atoms with van der Waals surface area (Å²) in [4.78, 5) is 0. The highest BCUT2D eigenvalue weighted by molar-refractivity contribution is 6.31. The smallest absolute Gasteiger partial charge is 0.124 e. The van der Waals surface area contributed by atoms with Gasteiger partial charge in [0.1, 0.15) is 5.82 Å². The summed E-state index contributed by atoms with van der Waals surface area (Å²) < 4.78 is 18.1. The van der Waals surface area contributed by atoms with Crippen LogP contribution in [0.5, 0.6) is 0 Å². The molecule has 1 aromatic rings. The Labute approximate surface area is 93.2 Å². The topological polar surface area (TPSA) is 35.2 Å². The number of hydrogen-bond donors (Lipinski definition) is 1. The molecule has 1 heterocycles. The van der Waals surface area contributed by atoms with E-state index in [1.807, 2.05) is 0 Å². The molecular weight excluding hydrogens is 217 g/mol. The minimum Gasteiger partial charge on any atom is -0.379 e. The zero-order valence-electron chi connectivity index (χ0n) is 8.30. The summed E-state index contributed by atoms with van der Waals surface area (Å²) in [7, 11) is 0. The Morgan fingerprint density at radius 1 is 1.53 bits per heavy atom. The molecule has 1 aromatic carbocycles. The van der Waals surface area contributed by atoms with E-state index in [0.29, 0.717) is 24.7 Å². The van der Waals surface area contributed by atoms with E-state index in [-0.39, 0.29) is 11.4 Å². The lowest BCUT2D eigenvalue weighted by Crippen LogP contribution is -2.42. The summed E-state index contributed by atoms with van der Waals surface area (Å²) in [6.45, 7) is 1.23. The summed E-state index contributed by atoms with van der Waals surface area (Å²) >= 11 is 5.93. The van der Waals surface area contributed by atoms with Gasteiger partial charge in [0.2, 0.25) is 0 Å². The Hall–Kier alpha value is -0.640. The van der Waals surface area contributed by atoms with Crippen molar-refractivity contribution < 1.29 is 9.13 Å². The number of rotatable bonds is 2. The van der Waals surface area contributed by atoms with Gasteiger partial charge in [0, 0.05) is 17.2 Å². The van der Waals surface area contributed by atoms with Crippen molar-refractivity contribution in [2.75, 3.05) is 13.2 Å². The third-order valence-corrected chi connectivity index (χ3v) is 3.04. The van der Waals surface area contributed by atoms with E-state index in [1.165, 1.54) is 12.1 Å². The minimum absolute atomic E-state index is 0.322. The number of benzene rings is 1. The van der Waals surface area contributed by atoms with Gasteiger partial charge in [0.25, 0.3) is 0 Å². The van der Waals surface area contributed by atoms with Crippen LogP contribution in [0, 0.1) is 5.82 Å². The van der Waals surface area contributed by atoms with E-state index < -0.39 is 0 Å². The Morgan fingerprint density at radius 2 is 2.33 bits per heavy atom. The van der Waals surface area contributed by atoms with E-state index in [2.05, 4.69) is 0 Å². The molecule has 4 heteroatoms. The monoisotopic (exact) mass is 229 g/mol. The van der Waals surface area contributed by atoms with Crippen LogP contribution in [0.2, 0.25) is 5.02 Å². The normalized spacial score (nSPS) is 25.8. The van der Waals surface area contributed by atoms with Gasteiger partial charge < -0.3 is 10.5 Å². The van der Waals surface area contributed by atoms with Gasteiger partial charge in [-0.15, -0.1) is 0 Å². The lowest BCUT2D eigenvalue weighted by atomic mass is 9.91. The van der Waals surface area contributed by atoms with E-state index in [9.17, 15) is 4.39 Å². The molecule has 1 unspecified atom stereocenters. The molecule has 0 saturated carbocycles. The van der Waals surface area contributed by atoms with Gasteiger partial charge in [0.05, 0.1) is 6.61 Å². The molecule has 1 aliphatic rings. The fourth-order valence-corrected chi connectivity index (χ4v) is 2.04. The fourth-order valence-electron chi connectivity index (χ4n) is 1.81. The lowest BCUT2D eigenvalue weighted by Gasteiger charge is -2.22. The van der Waals surface area contributed by atoms with Crippen LogP contribution >= 0.6 is 11.6 Å². The maximum atomic E-state index is 12.8. The summed E-state index contributed by atoms with van der Waals surface area (Å²) in [6.07, 6.45) is 1.45. The largest absolute Gasteiger partial charge is 0.379 e. The number of halogens is 2. The third-order valence-electron chi connectivity index (χ3n) is 2.69. The van der Waals surface area contributed by atoms with Gasteiger partial charge in [-0.25, -0.2) is 4.39 Å². The van der Waals surface area contributed by atoms with Gasteiger partial charge in [-0.1, -0.05) is 17.7 Å². The first-order chi connectivity index (χ1) is 7.09. The fraction of sp³-hybridized carbons (Fsp3) is 0.455. The Bertz CT molecular complexity index is 364. The average molecular weight is 230 g/mol.